The number of hydrogen-bond donors (Lipinski definition) is 1. The Hall–Kier alpha value is -4.05. The number of carbonyl (C=O) groups is 3. The van der Waals surface area contributed by atoms with Gasteiger partial charge in [0.05, 0.1) is 10.4 Å². The first-order valence-corrected chi connectivity index (χ1v) is 16.2. The Morgan fingerprint density at radius 3 is 2.33 bits per heavy atom. The minimum Gasteiger partial charge on any atom is -0.449 e. The molecule has 238 valence electrons. The molecule has 3 amide bonds. The predicted octanol–water partition coefficient (Wildman–Crippen LogP) is 5.57. The fourth-order valence-corrected chi connectivity index (χ4v) is 6.66. The molecule has 46 heavy (non-hydrogen) atoms. The molecule has 0 aliphatic carbocycles. The summed E-state index contributed by atoms with van der Waals surface area (Å²) in [6.45, 7) is 3.36. The van der Waals surface area contributed by atoms with Gasteiger partial charge in [0.15, 0.2) is 16.8 Å². The van der Waals surface area contributed by atoms with Crippen molar-refractivity contribution < 1.29 is 18.8 Å². The molecule has 0 radical (unpaired) electrons. The van der Waals surface area contributed by atoms with Crippen LogP contribution in [-0.4, -0.2) is 66.3 Å². The van der Waals surface area contributed by atoms with Gasteiger partial charge in [-0.2, -0.15) is 0 Å². The summed E-state index contributed by atoms with van der Waals surface area (Å²) in [7, 11) is 0. The molecule has 0 spiro atoms. The van der Waals surface area contributed by atoms with Crippen LogP contribution in [0.2, 0.25) is 15.1 Å². The Morgan fingerprint density at radius 1 is 0.870 bits per heavy atom. The molecular weight excluding hydrogens is 651 g/mol. The second-order valence-corrected chi connectivity index (χ2v) is 12.7. The lowest BCUT2D eigenvalue weighted by atomic mass is 10.0. The lowest BCUT2D eigenvalue weighted by molar-refractivity contribution is -0.133. The van der Waals surface area contributed by atoms with E-state index in [1.807, 2.05) is 23.1 Å². The lowest BCUT2D eigenvalue weighted by Gasteiger charge is -2.38. The van der Waals surface area contributed by atoms with Gasteiger partial charge in [0.2, 0.25) is 11.8 Å². The standard InChI is InChI=1S/C34H31Cl3N4O5/c35-23-9-7-21(8-10-23)16-27(38-33(44)30-19-29(42)25-17-24(36)18-26(37)32(25)46-30)34(45)40-14-12-39(13-15-40)28-5-2-1-4-22(28)20-41-11-3-6-31(41)43/h1-2,4-5,7-10,17-19,27H,3,6,11-16,20H2,(H,38,44)/t27-/m0/s1. The molecule has 0 unspecified atom stereocenters. The number of nitrogens with zero attached hydrogens (tertiary/aromatic N) is 3. The molecule has 0 saturated carbocycles. The number of anilines is 1. The third-order valence-electron chi connectivity index (χ3n) is 8.38. The average molecular weight is 682 g/mol. The van der Waals surface area contributed by atoms with Crippen LogP contribution in [0.1, 0.15) is 34.5 Å². The highest BCUT2D eigenvalue weighted by atomic mass is 35.5. The monoisotopic (exact) mass is 680 g/mol. The van der Waals surface area contributed by atoms with Gasteiger partial charge in [-0.15, -0.1) is 0 Å². The maximum atomic E-state index is 14.0. The van der Waals surface area contributed by atoms with Gasteiger partial charge < -0.3 is 24.4 Å². The molecule has 2 saturated heterocycles. The fraction of sp³-hybridized carbons (Fsp3) is 0.294. The smallest absolute Gasteiger partial charge is 0.287 e. The number of para-hydroxylation sites is 1. The van der Waals surface area contributed by atoms with E-state index in [0.29, 0.717) is 44.2 Å². The zero-order valence-corrected chi connectivity index (χ0v) is 27.1. The SMILES string of the molecule is O=C(N[C@@H](Cc1ccc(Cl)cc1)C(=O)N1CCN(c2ccccc2CN2CCCC2=O)CC1)c1cc(=O)c2cc(Cl)cc(Cl)c2o1. The highest BCUT2D eigenvalue weighted by Crippen LogP contribution is 2.28. The van der Waals surface area contributed by atoms with Crippen LogP contribution in [-0.2, 0) is 22.6 Å². The van der Waals surface area contributed by atoms with Gasteiger partial charge in [0, 0.05) is 73.9 Å². The molecule has 1 aromatic heterocycles. The Labute approximate surface area is 280 Å². The maximum absolute atomic E-state index is 14.0. The second-order valence-electron chi connectivity index (χ2n) is 11.5. The van der Waals surface area contributed by atoms with Gasteiger partial charge in [0.25, 0.3) is 5.91 Å². The minimum atomic E-state index is -0.949. The Kier molecular flexibility index (Phi) is 9.54. The van der Waals surface area contributed by atoms with Crippen LogP contribution in [0.25, 0.3) is 11.0 Å². The van der Waals surface area contributed by atoms with E-state index < -0.39 is 17.4 Å². The topological polar surface area (TPSA) is 103 Å². The van der Waals surface area contributed by atoms with E-state index in [-0.39, 0.29) is 45.0 Å². The summed E-state index contributed by atoms with van der Waals surface area (Å²) in [5, 5.41) is 3.85. The van der Waals surface area contributed by atoms with Crippen molar-refractivity contribution in [3.63, 3.8) is 0 Å². The van der Waals surface area contributed by atoms with Crippen LogP contribution in [0, 0.1) is 0 Å². The van der Waals surface area contributed by atoms with Crippen LogP contribution in [0.5, 0.6) is 0 Å². The molecule has 4 aromatic rings. The van der Waals surface area contributed by atoms with Gasteiger partial charge in [0.1, 0.15) is 6.04 Å². The first-order valence-electron chi connectivity index (χ1n) is 15.0. The van der Waals surface area contributed by atoms with Crippen molar-refractivity contribution in [2.75, 3.05) is 37.6 Å². The van der Waals surface area contributed by atoms with Gasteiger partial charge in [-0.25, -0.2) is 0 Å². The van der Waals surface area contributed by atoms with Gasteiger partial charge in [-0.1, -0.05) is 65.1 Å². The third kappa shape index (κ3) is 7.02. The number of halogens is 3. The number of amides is 3. The fourth-order valence-electron chi connectivity index (χ4n) is 6.00. The molecule has 3 heterocycles. The molecule has 6 rings (SSSR count). The van der Waals surface area contributed by atoms with E-state index in [1.54, 1.807) is 29.2 Å². The molecule has 2 aliphatic heterocycles. The first kappa shape index (κ1) is 31.9. The number of likely N-dealkylation sites (tertiary alicyclic amines) is 1. The Morgan fingerprint density at radius 2 is 1.61 bits per heavy atom. The van der Waals surface area contributed by atoms with Crippen LogP contribution in [0.4, 0.5) is 5.69 Å². The van der Waals surface area contributed by atoms with Crippen LogP contribution < -0.4 is 15.6 Å². The average Bonchev–Trinajstić information content (AvgIpc) is 3.45. The van der Waals surface area contributed by atoms with E-state index in [1.165, 1.54) is 12.1 Å². The van der Waals surface area contributed by atoms with Crippen molar-refractivity contribution in [2.45, 2.75) is 31.8 Å². The number of nitrogens with one attached hydrogen (secondary N) is 1. The van der Waals surface area contributed by atoms with E-state index in [9.17, 15) is 19.2 Å². The summed E-state index contributed by atoms with van der Waals surface area (Å²) in [6.07, 6.45) is 1.67. The summed E-state index contributed by atoms with van der Waals surface area (Å²) in [4.78, 5) is 58.4. The number of benzene rings is 3. The van der Waals surface area contributed by atoms with Crippen molar-refractivity contribution in [2.24, 2.45) is 0 Å². The number of hydrogen-bond acceptors (Lipinski definition) is 6. The second kappa shape index (κ2) is 13.7. The Bertz CT molecular complexity index is 1850. The third-order valence-corrected chi connectivity index (χ3v) is 9.14. The first-order chi connectivity index (χ1) is 22.2. The van der Waals surface area contributed by atoms with E-state index >= 15 is 0 Å². The Balaban J connectivity index is 1.19. The quantitative estimate of drug-likeness (QED) is 0.261. The zero-order chi connectivity index (χ0) is 32.4. The molecule has 2 fully saturated rings. The summed E-state index contributed by atoms with van der Waals surface area (Å²) in [6, 6.07) is 18.1. The summed E-state index contributed by atoms with van der Waals surface area (Å²) in [5.74, 6) is -1.07. The molecule has 3 aromatic carbocycles. The molecule has 0 bridgehead atoms. The highest BCUT2D eigenvalue weighted by Gasteiger charge is 2.31. The van der Waals surface area contributed by atoms with E-state index in [4.69, 9.17) is 39.2 Å². The maximum Gasteiger partial charge on any atom is 0.287 e. The number of piperazine rings is 1. The number of carbonyl (C=O) groups excluding carboxylic acids is 3. The molecule has 12 heteroatoms. The molecule has 1 atom stereocenters. The van der Waals surface area contributed by atoms with Crippen molar-refractivity contribution in [1.29, 1.82) is 0 Å². The van der Waals surface area contributed by atoms with Crippen molar-refractivity contribution >= 4 is 69.2 Å². The predicted molar refractivity (Wildman–Crippen MR) is 179 cm³/mol. The van der Waals surface area contributed by atoms with Gasteiger partial charge in [-0.05, 0) is 47.9 Å². The van der Waals surface area contributed by atoms with Crippen LogP contribution in [0.15, 0.2) is 75.9 Å². The zero-order valence-electron chi connectivity index (χ0n) is 24.8. The number of fused-ring (bicyclic) bond motifs is 1. The lowest BCUT2D eigenvalue weighted by Crippen LogP contribution is -2.55. The van der Waals surface area contributed by atoms with Crippen LogP contribution >= 0.6 is 34.8 Å². The van der Waals surface area contributed by atoms with Crippen molar-refractivity contribution in [1.82, 2.24) is 15.1 Å². The largest absolute Gasteiger partial charge is 0.449 e. The molecular formula is C34H31Cl3N4O5. The van der Waals surface area contributed by atoms with Gasteiger partial charge in [-0.3, -0.25) is 19.2 Å². The summed E-state index contributed by atoms with van der Waals surface area (Å²) >= 11 is 18.4. The number of rotatable bonds is 8. The van der Waals surface area contributed by atoms with E-state index in [2.05, 4.69) is 16.3 Å². The van der Waals surface area contributed by atoms with Crippen LogP contribution in [0.3, 0.4) is 0 Å². The summed E-state index contributed by atoms with van der Waals surface area (Å²) < 4.78 is 5.73. The highest BCUT2D eigenvalue weighted by molar-refractivity contribution is 6.38. The van der Waals surface area contributed by atoms with Gasteiger partial charge >= 0.3 is 0 Å². The molecule has 2 aliphatic rings. The van der Waals surface area contributed by atoms with Crippen molar-refractivity contribution in [3.8, 4) is 0 Å². The molecule has 1 N–H and O–H groups in total. The normalized spacial score (nSPS) is 15.8. The van der Waals surface area contributed by atoms with Crippen molar-refractivity contribution in [3.05, 3.63) is 109 Å². The van der Waals surface area contributed by atoms with E-state index in [0.717, 1.165) is 35.8 Å². The summed E-state index contributed by atoms with van der Waals surface area (Å²) in [5.41, 5.74) is 2.47. The minimum absolute atomic E-state index is 0.0368. The molecule has 9 nitrogen and oxygen atoms in total.